The highest BCUT2D eigenvalue weighted by molar-refractivity contribution is 5.76. The number of aryl methyl sites for hydroxylation is 1. The van der Waals surface area contributed by atoms with Crippen molar-refractivity contribution in [3.05, 3.63) is 58.1 Å². The molecule has 2 aromatic rings. The summed E-state index contributed by atoms with van der Waals surface area (Å²) in [5, 5.41) is 0. The molecule has 0 radical (unpaired) electrons. The van der Waals surface area contributed by atoms with Crippen molar-refractivity contribution >= 4 is 11.7 Å². The average molecular weight is 351 g/mol. The van der Waals surface area contributed by atoms with Crippen LogP contribution in [0.3, 0.4) is 0 Å². The van der Waals surface area contributed by atoms with Crippen LogP contribution in [0, 0.1) is 25.7 Å². The molecule has 2 aromatic carbocycles. The number of hydrogen-bond donors (Lipinski definition) is 1. The standard InChI is InChI=1S/C22H25NO3/c1-12-10-19(25-11-15-6-4-5-7-18(15)23)14(3)20-16(12)8-9-17-13(2)22(24)26-21(17)20/h4-7,10,13,17,21H,8-9,11,23H2,1-3H3/t13?,17-,21?/m0/s1. The van der Waals surface area contributed by atoms with Crippen LogP contribution < -0.4 is 10.5 Å². The molecule has 26 heavy (non-hydrogen) atoms. The van der Waals surface area contributed by atoms with E-state index in [4.69, 9.17) is 15.2 Å². The third kappa shape index (κ3) is 2.64. The normalized spacial score (nSPS) is 24.0. The van der Waals surface area contributed by atoms with Crippen LogP contribution in [0.1, 0.15) is 47.3 Å². The number of ether oxygens (including phenoxy) is 2. The first-order valence-electron chi connectivity index (χ1n) is 9.27. The molecule has 1 aliphatic carbocycles. The fraction of sp³-hybridized carbons (Fsp3) is 0.409. The summed E-state index contributed by atoms with van der Waals surface area (Å²) in [5.74, 6) is 1.02. The molecule has 0 bridgehead atoms. The molecule has 3 atom stereocenters. The van der Waals surface area contributed by atoms with E-state index >= 15 is 0 Å². The SMILES string of the molecule is Cc1cc(OCc2ccccc2N)c(C)c2c1CC[C@H]1C(C)C(=O)OC21. The maximum Gasteiger partial charge on any atom is 0.309 e. The van der Waals surface area contributed by atoms with Gasteiger partial charge in [-0.1, -0.05) is 25.1 Å². The Balaban J connectivity index is 1.68. The molecular formula is C22H25NO3. The molecule has 0 amide bonds. The molecule has 4 heteroatoms. The molecule has 1 aliphatic heterocycles. The van der Waals surface area contributed by atoms with Crippen molar-refractivity contribution in [2.75, 3.05) is 5.73 Å². The number of esters is 1. The van der Waals surface area contributed by atoms with Gasteiger partial charge in [0.2, 0.25) is 0 Å². The molecule has 0 aromatic heterocycles. The zero-order valence-electron chi connectivity index (χ0n) is 15.5. The van der Waals surface area contributed by atoms with E-state index in [9.17, 15) is 4.79 Å². The first-order chi connectivity index (χ1) is 12.5. The summed E-state index contributed by atoms with van der Waals surface area (Å²) >= 11 is 0. The van der Waals surface area contributed by atoms with Crippen molar-refractivity contribution in [1.82, 2.24) is 0 Å². The van der Waals surface area contributed by atoms with E-state index in [0.29, 0.717) is 6.61 Å². The first kappa shape index (κ1) is 17.0. The second kappa shape index (κ2) is 6.35. The Kier molecular flexibility index (Phi) is 4.14. The Morgan fingerprint density at radius 2 is 2.04 bits per heavy atom. The maximum absolute atomic E-state index is 12.1. The van der Waals surface area contributed by atoms with Crippen molar-refractivity contribution in [2.45, 2.75) is 46.3 Å². The van der Waals surface area contributed by atoms with Gasteiger partial charge in [-0.05, 0) is 55.5 Å². The molecule has 2 unspecified atom stereocenters. The van der Waals surface area contributed by atoms with Crippen LogP contribution in [0.2, 0.25) is 0 Å². The summed E-state index contributed by atoms with van der Waals surface area (Å²) in [7, 11) is 0. The summed E-state index contributed by atoms with van der Waals surface area (Å²) in [6, 6.07) is 9.85. The van der Waals surface area contributed by atoms with Gasteiger partial charge in [0, 0.05) is 22.7 Å². The highest BCUT2D eigenvalue weighted by Crippen LogP contribution is 2.49. The quantitative estimate of drug-likeness (QED) is 0.663. The highest BCUT2D eigenvalue weighted by atomic mass is 16.6. The summed E-state index contributed by atoms with van der Waals surface area (Å²) in [5.41, 5.74) is 12.5. The Labute approximate surface area is 154 Å². The largest absolute Gasteiger partial charge is 0.489 e. The smallest absolute Gasteiger partial charge is 0.309 e. The van der Waals surface area contributed by atoms with Crippen LogP contribution in [0.4, 0.5) is 5.69 Å². The van der Waals surface area contributed by atoms with Crippen molar-refractivity contribution in [3.63, 3.8) is 0 Å². The van der Waals surface area contributed by atoms with Crippen molar-refractivity contribution in [3.8, 4) is 5.75 Å². The maximum atomic E-state index is 12.1. The minimum Gasteiger partial charge on any atom is -0.489 e. The van der Waals surface area contributed by atoms with Gasteiger partial charge in [0.1, 0.15) is 18.5 Å². The van der Waals surface area contributed by atoms with Gasteiger partial charge in [-0.2, -0.15) is 0 Å². The number of fused-ring (bicyclic) bond motifs is 3. The minimum atomic E-state index is -0.134. The highest BCUT2D eigenvalue weighted by Gasteiger charge is 2.46. The predicted molar refractivity (Wildman–Crippen MR) is 101 cm³/mol. The summed E-state index contributed by atoms with van der Waals surface area (Å²) in [6.07, 6.45) is 1.87. The number of benzene rings is 2. The van der Waals surface area contributed by atoms with Crippen molar-refractivity contribution in [1.29, 1.82) is 0 Å². The number of nitrogens with two attached hydrogens (primary N) is 1. The average Bonchev–Trinajstić information content (AvgIpc) is 2.92. The fourth-order valence-corrected chi connectivity index (χ4v) is 4.39. The molecule has 4 rings (SSSR count). The van der Waals surface area contributed by atoms with Gasteiger partial charge >= 0.3 is 5.97 Å². The van der Waals surface area contributed by atoms with E-state index in [0.717, 1.165) is 41.0 Å². The van der Waals surface area contributed by atoms with E-state index in [2.05, 4.69) is 19.9 Å². The zero-order valence-corrected chi connectivity index (χ0v) is 15.5. The number of rotatable bonds is 3. The molecule has 0 saturated carbocycles. The van der Waals surface area contributed by atoms with E-state index in [1.54, 1.807) is 0 Å². The molecule has 1 heterocycles. The van der Waals surface area contributed by atoms with Gasteiger partial charge in [0.25, 0.3) is 0 Å². The third-order valence-corrected chi connectivity index (χ3v) is 6.02. The molecule has 136 valence electrons. The van der Waals surface area contributed by atoms with Gasteiger partial charge in [0.05, 0.1) is 5.92 Å². The lowest BCUT2D eigenvalue weighted by molar-refractivity contribution is -0.144. The Bertz CT molecular complexity index is 874. The van der Waals surface area contributed by atoms with Gasteiger partial charge in [-0.25, -0.2) is 0 Å². The number of para-hydroxylation sites is 1. The summed E-state index contributed by atoms with van der Waals surface area (Å²) in [6.45, 7) is 6.60. The van der Waals surface area contributed by atoms with Crippen LogP contribution >= 0.6 is 0 Å². The summed E-state index contributed by atoms with van der Waals surface area (Å²) < 4.78 is 11.9. The monoisotopic (exact) mass is 351 g/mol. The van der Waals surface area contributed by atoms with Crippen LogP contribution in [0.5, 0.6) is 5.75 Å². The second-order valence-electron chi connectivity index (χ2n) is 7.55. The van der Waals surface area contributed by atoms with Gasteiger partial charge in [0.15, 0.2) is 0 Å². The predicted octanol–water partition coefficient (Wildman–Crippen LogP) is 4.26. The summed E-state index contributed by atoms with van der Waals surface area (Å²) in [4.78, 5) is 12.1. The van der Waals surface area contributed by atoms with E-state index < -0.39 is 0 Å². The van der Waals surface area contributed by atoms with Gasteiger partial charge < -0.3 is 15.2 Å². The number of anilines is 1. The van der Waals surface area contributed by atoms with Gasteiger partial charge in [-0.3, -0.25) is 4.79 Å². The lowest BCUT2D eigenvalue weighted by Crippen LogP contribution is -2.22. The topological polar surface area (TPSA) is 61.5 Å². The molecular weight excluding hydrogens is 326 g/mol. The van der Waals surface area contributed by atoms with Crippen molar-refractivity contribution in [2.24, 2.45) is 11.8 Å². The number of carbonyl (C=O) groups excluding carboxylic acids is 1. The minimum absolute atomic E-state index is 0.0263. The van der Waals surface area contributed by atoms with E-state index in [1.165, 1.54) is 11.1 Å². The van der Waals surface area contributed by atoms with Crippen LogP contribution in [-0.4, -0.2) is 5.97 Å². The van der Waals surface area contributed by atoms with E-state index in [1.807, 2.05) is 31.2 Å². The third-order valence-electron chi connectivity index (χ3n) is 6.02. The fourth-order valence-electron chi connectivity index (χ4n) is 4.39. The number of nitrogen functional groups attached to an aromatic ring is 1. The van der Waals surface area contributed by atoms with Crippen LogP contribution in [0.15, 0.2) is 30.3 Å². The molecule has 1 saturated heterocycles. The van der Waals surface area contributed by atoms with E-state index in [-0.39, 0.29) is 23.9 Å². The van der Waals surface area contributed by atoms with Crippen molar-refractivity contribution < 1.29 is 14.3 Å². The Hall–Kier alpha value is -2.49. The lowest BCUT2D eigenvalue weighted by atomic mass is 9.74. The number of carbonyl (C=O) groups is 1. The van der Waals surface area contributed by atoms with Gasteiger partial charge in [-0.15, -0.1) is 0 Å². The lowest BCUT2D eigenvalue weighted by Gasteiger charge is -2.31. The first-order valence-corrected chi connectivity index (χ1v) is 9.27. The second-order valence-corrected chi connectivity index (χ2v) is 7.55. The Morgan fingerprint density at radius 1 is 1.27 bits per heavy atom. The van der Waals surface area contributed by atoms with Crippen LogP contribution in [0.25, 0.3) is 0 Å². The number of hydrogen-bond acceptors (Lipinski definition) is 4. The molecule has 4 nitrogen and oxygen atoms in total. The molecule has 2 aliphatic rings. The zero-order chi connectivity index (χ0) is 18.4. The van der Waals surface area contributed by atoms with Crippen LogP contribution in [-0.2, 0) is 22.6 Å². The molecule has 0 spiro atoms. The molecule has 1 fully saturated rings. The Morgan fingerprint density at radius 3 is 2.81 bits per heavy atom. The molecule has 2 N–H and O–H groups in total.